The van der Waals surface area contributed by atoms with Gasteiger partial charge in [0.1, 0.15) is 0 Å². The van der Waals surface area contributed by atoms with Crippen molar-refractivity contribution < 1.29 is 9.21 Å². The number of H-pyrrole nitrogens is 1. The van der Waals surface area contributed by atoms with Crippen molar-refractivity contribution in [3.63, 3.8) is 0 Å². The van der Waals surface area contributed by atoms with E-state index in [0.29, 0.717) is 11.1 Å². The first kappa shape index (κ1) is 11.4. The Balaban J connectivity index is 2.19. The maximum atomic E-state index is 11.5. The van der Waals surface area contributed by atoms with Crippen molar-refractivity contribution in [3.05, 3.63) is 34.3 Å². The Morgan fingerprint density at radius 3 is 2.94 bits per heavy atom. The number of aromatic amines is 1. The van der Waals surface area contributed by atoms with E-state index in [2.05, 4.69) is 10.4 Å². The monoisotopic (exact) mass is 235 g/mol. The number of fused-ring (bicyclic) bond motifs is 1. The average molecular weight is 235 g/mol. The molecule has 0 saturated carbocycles. The summed E-state index contributed by atoms with van der Waals surface area (Å²) in [7, 11) is 3.49. The largest absolute Gasteiger partial charge is 0.417 e. The molecule has 0 aliphatic carbocycles. The minimum absolute atomic E-state index is 0.111. The van der Waals surface area contributed by atoms with Crippen LogP contribution in [0.3, 0.4) is 0 Å². The van der Waals surface area contributed by atoms with Gasteiger partial charge in [0.05, 0.1) is 11.9 Å². The van der Waals surface area contributed by atoms with E-state index >= 15 is 0 Å². The highest BCUT2D eigenvalue weighted by Crippen LogP contribution is 2.12. The third kappa shape index (κ3) is 2.73. The van der Waals surface area contributed by atoms with Crippen LogP contribution in [0.5, 0.6) is 0 Å². The van der Waals surface area contributed by atoms with Crippen LogP contribution in [-0.4, -0.2) is 30.0 Å². The third-order valence-electron chi connectivity index (χ3n) is 2.20. The number of benzene rings is 1. The fourth-order valence-corrected chi connectivity index (χ4v) is 1.58. The summed E-state index contributed by atoms with van der Waals surface area (Å²) in [6.45, 7) is 0. The Kier molecular flexibility index (Phi) is 2.97. The summed E-state index contributed by atoms with van der Waals surface area (Å²) in [6.07, 6.45) is 0.251. The molecule has 2 N–H and O–H groups in total. The zero-order valence-electron chi connectivity index (χ0n) is 9.61. The van der Waals surface area contributed by atoms with Gasteiger partial charge in [0.2, 0.25) is 5.91 Å². The van der Waals surface area contributed by atoms with Crippen LogP contribution < -0.4 is 11.2 Å². The summed E-state index contributed by atoms with van der Waals surface area (Å²) >= 11 is 0. The Morgan fingerprint density at radius 1 is 1.47 bits per heavy atom. The van der Waals surface area contributed by atoms with Crippen LogP contribution in [-0.2, 0) is 11.2 Å². The topological polar surface area (TPSA) is 78.3 Å². The molecule has 0 radical (unpaired) electrons. The number of hydrogen-bond donors (Lipinski definition) is 2. The highest BCUT2D eigenvalue weighted by molar-refractivity contribution is 5.80. The summed E-state index contributed by atoms with van der Waals surface area (Å²) < 4.78 is 4.87. The van der Waals surface area contributed by atoms with Gasteiger partial charge in [-0.15, -0.1) is 0 Å². The second-order valence-electron chi connectivity index (χ2n) is 3.95. The Labute approximate surface area is 97.2 Å². The molecule has 0 spiro atoms. The van der Waals surface area contributed by atoms with Crippen LogP contribution in [0.15, 0.2) is 27.4 Å². The molecule has 1 heterocycles. The number of aromatic nitrogens is 1. The molecule has 0 atom stereocenters. The van der Waals surface area contributed by atoms with E-state index in [1.54, 1.807) is 37.3 Å². The molecule has 0 saturated heterocycles. The second-order valence-corrected chi connectivity index (χ2v) is 3.95. The lowest BCUT2D eigenvalue weighted by atomic mass is 10.1. The van der Waals surface area contributed by atoms with Crippen molar-refractivity contribution in [1.82, 2.24) is 15.4 Å². The van der Waals surface area contributed by atoms with Crippen LogP contribution in [0.4, 0.5) is 0 Å². The highest BCUT2D eigenvalue weighted by Gasteiger charge is 2.06. The van der Waals surface area contributed by atoms with E-state index in [4.69, 9.17) is 4.42 Å². The Bertz CT molecular complexity index is 597. The molecule has 2 rings (SSSR count). The Hall–Kier alpha value is -2.08. The predicted molar refractivity (Wildman–Crippen MR) is 62.4 cm³/mol. The van der Waals surface area contributed by atoms with Gasteiger partial charge < -0.3 is 4.42 Å². The van der Waals surface area contributed by atoms with Crippen molar-refractivity contribution in [2.45, 2.75) is 6.42 Å². The number of amides is 1. The Morgan fingerprint density at radius 2 is 2.24 bits per heavy atom. The molecule has 1 aromatic carbocycles. The molecule has 0 fully saturated rings. The fourth-order valence-electron chi connectivity index (χ4n) is 1.58. The summed E-state index contributed by atoms with van der Waals surface area (Å²) in [5.74, 6) is -0.602. The lowest BCUT2D eigenvalue weighted by Gasteiger charge is -2.11. The SMILES string of the molecule is CN(C)NC(=O)Cc1ccc2oc(=O)[nH]c2c1. The van der Waals surface area contributed by atoms with E-state index in [-0.39, 0.29) is 12.3 Å². The summed E-state index contributed by atoms with van der Waals surface area (Å²) in [5.41, 5.74) is 4.55. The number of nitrogens with one attached hydrogen (secondary N) is 2. The molecule has 2 aromatic rings. The fraction of sp³-hybridized carbons (Fsp3) is 0.273. The predicted octanol–water partition coefficient (Wildman–Crippen LogP) is 0.256. The molecule has 6 heteroatoms. The van der Waals surface area contributed by atoms with Gasteiger partial charge in [-0.2, -0.15) is 0 Å². The van der Waals surface area contributed by atoms with Crippen molar-refractivity contribution in [3.8, 4) is 0 Å². The molecule has 1 aromatic heterocycles. The van der Waals surface area contributed by atoms with E-state index in [9.17, 15) is 9.59 Å². The number of nitrogens with zero attached hydrogens (tertiary/aromatic N) is 1. The lowest BCUT2D eigenvalue weighted by Crippen LogP contribution is -2.37. The zero-order valence-corrected chi connectivity index (χ0v) is 9.61. The number of carbonyl (C=O) groups excluding carboxylic acids is 1. The normalized spacial score (nSPS) is 11.0. The van der Waals surface area contributed by atoms with Gasteiger partial charge in [0.25, 0.3) is 0 Å². The average Bonchev–Trinajstić information content (AvgIpc) is 2.55. The first-order valence-electron chi connectivity index (χ1n) is 5.13. The van der Waals surface area contributed by atoms with Crippen LogP contribution in [0, 0.1) is 0 Å². The third-order valence-corrected chi connectivity index (χ3v) is 2.20. The van der Waals surface area contributed by atoms with Gasteiger partial charge in [-0.1, -0.05) is 6.07 Å². The second kappa shape index (κ2) is 4.42. The standard InChI is InChI=1S/C11H13N3O3/c1-14(2)13-10(15)6-7-3-4-9-8(5-7)12-11(16)17-9/h3-5H,6H2,1-2H3,(H,12,16)(H,13,15). The van der Waals surface area contributed by atoms with Crippen LogP contribution in [0.2, 0.25) is 0 Å². The van der Waals surface area contributed by atoms with Crippen LogP contribution in [0.1, 0.15) is 5.56 Å². The summed E-state index contributed by atoms with van der Waals surface area (Å²) in [5, 5.41) is 1.58. The number of rotatable bonds is 3. The maximum absolute atomic E-state index is 11.5. The molecular weight excluding hydrogens is 222 g/mol. The highest BCUT2D eigenvalue weighted by atomic mass is 16.4. The number of hydrazine groups is 1. The first-order valence-corrected chi connectivity index (χ1v) is 5.13. The van der Waals surface area contributed by atoms with Gasteiger partial charge in [-0.25, -0.2) is 9.80 Å². The summed E-state index contributed by atoms with van der Waals surface area (Å²) in [6, 6.07) is 5.16. The molecule has 0 aliphatic rings. The number of carbonyl (C=O) groups is 1. The van der Waals surface area contributed by atoms with Crippen molar-refractivity contribution in [2.75, 3.05) is 14.1 Å². The zero-order chi connectivity index (χ0) is 12.4. The number of hydrogen-bond acceptors (Lipinski definition) is 4. The quantitative estimate of drug-likeness (QED) is 0.748. The minimum Gasteiger partial charge on any atom is -0.408 e. The van der Waals surface area contributed by atoms with E-state index in [1.807, 2.05) is 0 Å². The smallest absolute Gasteiger partial charge is 0.408 e. The minimum atomic E-state index is -0.491. The molecule has 0 bridgehead atoms. The maximum Gasteiger partial charge on any atom is 0.417 e. The molecule has 17 heavy (non-hydrogen) atoms. The lowest BCUT2D eigenvalue weighted by molar-refractivity contribution is -0.124. The van der Waals surface area contributed by atoms with Gasteiger partial charge in [-0.05, 0) is 17.7 Å². The molecule has 90 valence electrons. The van der Waals surface area contributed by atoms with E-state index in [1.165, 1.54) is 0 Å². The van der Waals surface area contributed by atoms with E-state index in [0.717, 1.165) is 5.56 Å². The molecule has 0 unspecified atom stereocenters. The van der Waals surface area contributed by atoms with Gasteiger partial charge in [-0.3, -0.25) is 15.2 Å². The first-order chi connectivity index (χ1) is 8.04. The van der Waals surface area contributed by atoms with Gasteiger partial charge in [0.15, 0.2) is 5.58 Å². The molecular formula is C11H13N3O3. The van der Waals surface area contributed by atoms with Crippen molar-refractivity contribution in [1.29, 1.82) is 0 Å². The van der Waals surface area contributed by atoms with Crippen molar-refractivity contribution >= 4 is 17.0 Å². The van der Waals surface area contributed by atoms with Crippen molar-refractivity contribution in [2.24, 2.45) is 0 Å². The van der Waals surface area contributed by atoms with Gasteiger partial charge in [0, 0.05) is 14.1 Å². The number of oxazole rings is 1. The molecule has 1 amide bonds. The molecule has 0 aliphatic heterocycles. The van der Waals surface area contributed by atoms with E-state index < -0.39 is 5.76 Å². The van der Waals surface area contributed by atoms with Crippen LogP contribution >= 0.6 is 0 Å². The summed E-state index contributed by atoms with van der Waals surface area (Å²) in [4.78, 5) is 25.0. The molecule has 6 nitrogen and oxygen atoms in total. The van der Waals surface area contributed by atoms with Gasteiger partial charge >= 0.3 is 5.76 Å². The van der Waals surface area contributed by atoms with Crippen LogP contribution in [0.25, 0.3) is 11.1 Å².